The predicted octanol–water partition coefficient (Wildman–Crippen LogP) is 2.75. The molecule has 8 nitrogen and oxygen atoms in total. The van der Waals surface area contributed by atoms with E-state index in [1.165, 1.54) is 26.3 Å². The molecule has 0 spiro atoms. The minimum Gasteiger partial charge on any atom is -0.497 e. The number of amides is 1. The van der Waals surface area contributed by atoms with Crippen molar-refractivity contribution in [1.29, 1.82) is 0 Å². The molecule has 0 saturated carbocycles. The average Bonchev–Trinajstić information content (AvgIpc) is 2.76. The fourth-order valence-electron chi connectivity index (χ4n) is 2.95. The van der Waals surface area contributed by atoms with Crippen LogP contribution in [0.25, 0.3) is 10.9 Å². The van der Waals surface area contributed by atoms with E-state index in [0.717, 1.165) is 20.9 Å². The van der Waals surface area contributed by atoms with Gasteiger partial charge in [0.15, 0.2) is 0 Å². The van der Waals surface area contributed by atoms with Gasteiger partial charge in [0.05, 0.1) is 24.1 Å². The molecule has 0 aliphatic carbocycles. The van der Waals surface area contributed by atoms with Gasteiger partial charge < -0.3 is 15.4 Å². The van der Waals surface area contributed by atoms with Crippen molar-refractivity contribution >= 4 is 44.1 Å². The molecule has 1 amide bonds. The van der Waals surface area contributed by atoms with Crippen molar-refractivity contribution in [3.63, 3.8) is 0 Å². The first-order valence-electron chi connectivity index (χ1n) is 9.46. The summed E-state index contributed by atoms with van der Waals surface area (Å²) in [4.78, 5) is 16.6. The smallest absolute Gasteiger partial charge is 0.243 e. The van der Waals surface area contributed by atoms with Gasteiger partial charge in [0.2, 0.25) is 15.9 Å². The Bertz CT molecular complexity index is 1170. The number of sulfonamides is 1. The van der Waals surface area contributed by atoms with Crippen molar-refractivity contribution in [3.8, 4) is 5.75 Å². The molecule has 2 N–H and O–H groups in total. The molecule has 3 rings (SSSR count). The number of nitrogens with zero attached hydrogens (tertiary/aromatic N) is 2. The first-order valence-corrected chi connectivity index (χ1v) is 11.3. The summed E-state index contributed by atoms with van der Waals surface area (Å²) in [5.41, 5.74) is 1.64. The number of halogens is 1. The normalized spacial score (nSPS) is 11.5. The molecular formula is C21H23ClN4O4S. The molecule has 1 aromatic heterocycles. The molecule has 0 fully saturated rings. The van der Waals surface area contributed by atoms with Crippen LogP contribution in [0.4, 0.5) is 5.69 Å². The number of methoxy groups -OCH3 is 1. The summed E-state index contributed by atoms with van der Waals surface area (Å²) in [5, 5.41) is 7.49. The minimum absolute atomic E-state index is 0.0925. The van der Waals surface area contributed by atoms with Crippen molar-refractivity contribution in [2.24, 2.45) is 0 Å². The molecular weight excluding hydrogens is 440 g/mol. The average molecular weight is 463 g/mol. The Labute approximate surface area is 186 Å². The van der Waals surface area contributed by atoms with Gasteiger partial charge in [0.1, 0.15) is 5.75 Å². The van der Waals surface area contributed by atoms with Crippen LogP contribution >= 0.6 is 11.6 Å². The van der Waals surface area contributed by atoms with Crippen molar-refractivity contribution < 1.29 is 17.9 Å². The van der Waals surface area contributed by atoms with Crippen LogP contribution in [-0.4, -0.2) is 57.4 Å². The minimum atomic E-state index is -3.78. The number of aromatic nitrogens is 1. The fourth-order valence-corrected chi connectivity index (χ4v) is 4.24. The van der Waals surface area contributed by atoms with Crippen LogP contribution < -0.4 is 15.4 Å². The van der Waals surface area contributed by atoms with Crippen LogP contribution in [-0.2, 0) is 14.8 Å². The van der Waals surface area contributed by atoms with Gasteiger partial charge in [-0.3, -0.25) is 9.78 Å². The van der Waals surface area contributed by atoms with Gasteiger partial charge in [-0.2, -0.15) is 4.31 Å². The second-order valence-corrected chi connectivity index (χ2v) is 9.21. The van der Waals surface area contributed by atoms with E-state index in [9.17, 15) is 13.2 Å². The lowest BCUT2D eigenvalue weighted by molar-refractivity contribution is -0.121. The Balaban J connectivity index is 1.51. The lowest BCUT2D eigenvalue weighted by Crippen LogP contribution is -2.39. The number of nitrogens with one attached hydrogen (secondary N) is 2. The quantitative estimate of drug-likeness (QED) is 0.474. The third-order valence-electron chi connectivity index (χ3n) is 4.60. The summed E-state index contributed by atoms with van der Waals surface area (Å²) in [6, 6.07) is 13.3. The molecule has 2 aromatic carbocycles. The van der Waals surface area contributed by atoms with Crippen molar-refractivity contribution in [1.82, 2.24) is 14.6 Å². The number of hydrogen-bond acceptors (Lipinski definition) is 6. The number of anilines is 1. The number of benzene rings is 2. The second kappa shape index (κ2) is 9.95. The van der Waals surface area contributed by atoms with E-state index in [2.05, 4.69) is 15.6 Å². The Morgan fingerprint density at radius 1 is 1.13 bits per heavy atom. The van der Waals surface area contributed by atoms with Gasteiger partial charge in [-0.25, -0.2) is 8.42 Å². The molecule has 10 heteroatoms. The van der Waals surface area contributed by atoms with Gasteiger partial charge in [-0.15, -0.1) is 0 Å². The van der Waals surface area contributed by atoms with E-state index in [1.54, 1.807) is 30.5 Å². The summed E-state index contributed by atoms with van der Waals surface area (Å²) in [5.74, 6) is 0.157. The first-order chi connectivity index (χ1) is 14.8. The van der Waals surface area contributed by atoms with E-state index in [4.69, 9.17) is 16.3 Å². The fraction of sp³-hybridized carbons (Fsp3) is 0.238. The Hall–Kier alpha value is -2.88. The highest BCUT2D eigenvalue weighted by Gasteiger charge is 2.22. The second-order valence-electron chi connectivity index (χ2n) is 6.73. The Kier molecular flexibility index (Phi) is 7.32. The predicted molar refractivity (Wildman–Crippen MR) is 121 cm³/mol. The van der Waals surface area contributed by atoms with E-state index in [-0.39, 0.29) is 11.4 Å². The van der Waals surface area contributed by atoms with Crippen LogP contribution in [0.15, 0.2) is 59.6 Å². The molecule has 0 aliphatic heterocycles. The molecule has 3 aromatic rings. The maximum Gasteiger partial charge on any atom is 0.243 e. The highest BCUT2D eigenvalue weighted by molar-refractivity contribution is 7.89. The van der Waals surface area contributed by atoms with Gasteiger partial charge in [-0.05, 0) is 48.5 Å². The molecule has 164 valence electrons. The number of fused-ring (bicyclic) bond motifs is 1. The largest absolute Gasteiger partial charge is 0.497 e. The summed E-state index contributed by atoms with van der Waals surface area (Å²) in [7, 11) is -0.909. The molecule has 0 unspecified atom stereocenters. The number of carbonyl (C=O) groups is 1. The zero-order valence-electron chi connectivity index (χ0n) is 17.1. The standard InChI is InChI=1S/C21H23ClN4O4S/c1-26(31(28,29)17-6-4-16(30-2)5-7-17)14-21(27)25-12-11-24-19-9-10-23-20-13-15(22)3-8-18(19)20/h3-10,13H,11-12,14H2,1-2H3,(H,23,24)(H,25,27). The van der Waals surface area contributed by atoms with Gasteiger partial charge >= 0.3 is 0 Å². The van der Waals surface area contributed by atoms with E-state index in [1.807, 2.05) is 12.1 Å². The number of pyridine rings is 1. The van der Waals surface area contributed by atoms with E-state index < -0.39 is 15.9 Å². The van der Waals surface area contributed by atoms with E-state index in [0.29, 0.717) is 23.9 Å². The number of carbonyl (C=O) groups excluding carboxylic acids is 1. The third-order valence-corrected chi connectivity index (χ3v) is 6.65. The Morgan fingerprint density at radius 2 is 1.87 bits per heavy atom. The maximum atomic E-state index is 12.6. The number of hydrogen-bond donors (Lipinski definition) is 2. The van der Waals surface area contributed by atoms with Crippen LogP contribution in [0.2, 0.25) is 5.02 Å². The topological polar surface area (TPSA) is 101 Å². The van der Waals surface area contributed by atoms with Crippen LogP contribution in [0, 0.1) is 0 Å². The molecule has 0 radical (unpaired) electrons. The van der Waals surface area contributed by atoms with Crippen molar-refractivity contribution in [2.45, 2.75) is 4.90 Å². The zero-order chi connectivity index (χ0) is 22.4. The highest BCUT2D eigenvalue weighted by Crippen LogP contribution is 2.24. The zero-order valence-corrected chi connectivity index (χ0v) is 18.7. The molecule has 31 heavy (non-hydrogen) atoms. The monoisotopic (exact) mass is 462 g/mol. The summed E-state index contributed by atoms with van der Waals surface area (Å²) < 4.78 is 31.3. The first kappa shape index (κ1) is 22.8. The summed E-state index contributed by atoms with van der Waals surface area (Å²) in [6.07, 6.45) is 1.68. The Morgan fingerprint density at radius 3 is 2.58 bits per heavy atom. The summed E-state index contributed by atoms with van der Waals surface area (Å²) >= 11 is 6.00. The van der Waals surface area contributed by atoms with Gasteiger partial charge in [-0.1, -0.05) is 11.6 Å². The van der Waals surface area contributed by atoms with Crippen LogP contribution in [0.1, 0.15) is 0 Å². The number of ether oxygens (including phenoxy) is 1. The molecule has 0 atom stereocenters. The maximum absolute atomic E-state index is 12.6. The van der Waals surface area contributed by atoms with Crippen molar-refractivity contribution in [2.75, 3.05) is 39.1 Å². The molecule has 0 bridgehead atoms. The van der Waals surface area contributed by atoms with Crippen LogP contribution in [0.5, 0.6) is 5.75 Å². The number of rotatable bonds is 9. The molecule has 0 saturated heterocycles. The molecule has 0 aliphatic rings. The van der Waals surface area contributed by atoms with Gasteiger partial charge in [0, 0.05) is 42.4 Å². The van der Waals surface area contributed by atoms with Gasteiger partial charge in [0.25, 0.3) is 0 Å². The summed E-state index contributed by atoms with van der Waals surface area (Å²) in [6.45, 7) is 0.500. The number of likely N-dealkylation sites (N-methyl/N-ethyl adjacent to an activating group) is 1. The van der Waals surface area contributed by atoms with Crippen molar-refractivity contribution in [3.05, 3.63) is 59.8 Å². The van der Waals surface area contributed by atoms with E-state index >= 15 is 0 Å². The highest BCUT2D eigenvalue weighted by atomic mass is 35.5. The lowest BCUT2D eigenvalue weighted by Gasteiger charge is -2.17. The molecule has 1 heterocycles. The SMILES string of the molecule is COc1ccc(S(=O)(=O)N(C)CC(=O)NCCNc2ccnc3cc(Cl)ccc23)cc1. The lowest BCUT2D eigenvalue weighted by atomic mass is 10.2. The third kappa shape index (κ3) is 5.63. The van der Waals surface area contributed by atoms with Crippen LogP contribution in [0.3, 0.4) is 0 Å².